The molecule has 2 aromatic rings. The molecule has 33 heavy (non-hydrogen) atoms. The van der Waals surface area contributed by atoms with Crippen molar-refractivity contribution in [3.05, 3.63) is 63.7 Å². The molecule has 1 spiro atoms. The number of likely N-dealkylation sites (tertiary alicyclic amines) is 1. The van der Waals surface area contributed by atoms with E-state index in [1.165, 1.54) is 4.90 Å². The van der Waals surface area contributed by atoms with Crippen LogP contribution in [-0.4, -0.2) is 34.6 Å². The molecule has 0 bridgehead atoms. The van der Waals surface area contributed by atoms with Crippen LogP contribution in [0.15, 0.2) is 36.4 Å². The van der Waals surface area contributed by atoms with Crippen molar-refractivity contribution in [3.63, 3.8) is 0 Å². The quantitative estimate of drug-likeness (QED) is 0.573. The minimum atomic E-state index is -1.33. The number of quaternary nitrogens is 1. The fourth-order valence-electron chi connectivity index (χ4n) is 5.71. The zero-order chi connectivity index (χ0) is 23.7. The van der Waals surface area contributed by atoms with E-state index in [1.54, 1.807) is 29.6 Å². The number of fused-ring (bicyclic) bond motifs is 4. The van der Waals surface area contributed by atoms with E-state index in [9.17, 15) is 19.2 Å². The normalized spacial score (nSPS) is 27.8. The molecule has 3 aliphatic heterocycles. The summed E-state index contributed by atoms with van der Waals surface area (Å²) in [7, 11) is 0. The average Bonchev–Trinajstić information content (AvgIpc) is 3.33. The summed E-state index contributed by atoms with van der Waals surface area (Å²) in [5.74, 6) is -3.57. The molecule has 9 heteroatoms. The van der Waals surface area contributed by atoms with Gasteiger partial charge in [-0.3, -0.25) is 24.1 Å². The first-order valence-corrected chi connectivity index (χ1v) is 11.2. The van der Waals surface area contributed by atoms with Gasteiger partial charge in [0.05, 0.1) is 18.7 Å². The Bertz CT molecular complexity index is 1240. The molecular weight excluding hydrogens is 444 g/mol. The first-order chi connectivity index (χ1) is 15.7. The summed E-state index contributed by atoms with van der Waals surface area (Å²) in [4.78, 5) is 53.8. The maximum Gasteiger partial charge on any atom is 0.291 e. The summed E-state index contributed by atoms with van der Waals surface area (Å²) in [6, 6.07) is 10.1. The number of benzene rings is 2. The van der Waals surface area contributed by atoms with Crippen molar-refractivity contribution < 1.29 is 24.5 Å². The first-order valence-electron chi connectivity index (χ1n) is 10.8. The average molecular weight is 468 g/mol. The summed E-state index contributed by atoms with van der Waals surface area (Å²) in [6.45, 7) is 3.86. The van der Waals surface area contributed by atoms with Gasteiger partial charge in [-0.15, -0.1) is 0 Å². The number of nitrogens with two attached hydrogens (primary N) is 2. The molecule has 4 amide bonds. The minimum absolute atomic E-state index is 0.00507. The topological polar surface area (TPSA) is 126 Å². The molecule has 0 aromatic heterocycles. The van der Waals surface area contributed by atoms with Crippen molar-refractivity contribution in [2.45, 2.75) is 38.4 Å². The van der Waals surface area contributed by atoms with Gasteiger partial charge in [-0.1, -0.05) is 35.9 Å². The van der Waals surface area contributed by atoms with Gasteiger partial charge in [0.1, 0.15) is 17.9 Å². The van der Waals surface area contributed by atoms with E-state index in [-0.39, 0.29) is 18.9 Å². The van der Waals surface area contributed by atoms with Crippen LogP contribution in [0.5, 0.6) is 0 Å². The molecule has 0 radical (unpaired) electrons. The van der Waals surface area contributed by atoms with Crippen LogP contribution in [0.3, 0.4) is 0 Å². The standard InChI is InChI=1S/C24H23ClN4O4/c1-11-7-8-14-20(12(11)2)27-23(33)24(14)19-18(16(28-24)9-17(26)30)21(31)29(22(19)32)10-13-5-3-4-6-15(13)25/h3-8,16,18-19,28H,9-10H2,1-2H3,(H2,26,30)(H,27,33)/p+1/t16-,18+,19-,24-/m0/s1. The van der Waals surface area contributed by atoms with Crippen LogP contribution in [-0.2, 0) is 31.3 Å². The molecule has 0 aliphatic carbocycles. The monoisotopic (exact) mass is 467 g/mol. The number of carbonyl (C=O) groups excluding carboxylic acids is 4. The lowest BCUT2D eigenvalue weighted by atomic mass is 9.76. The Hall–Kier alpha value is -3.23. The maximum absolute atomic E-state index is 13.8. The molecule has 5 rings (SSSR count). The second-order valence-corrected chi connectivity index (χ2v) is 9.52. The van der Waals surface area contributed by atoms with Crippen LogP contribution >= 0.6 is 11.6 Å². The summed E-state index contributed by atoms with van der Waals surface area (Å²) >= 11 is 6.28. The fraction of sp³-hybridized carbons (Fsp3) is 0.333. The van der Waals surface area contributed by atoms with Gasteiger partial charge in [-0.25, -0.2) is 0 Å². The summed E-state index contributed by atoms with van der Waals surface area (Å²) in [5, 5.41) is 5.10. The highest BCUT2D eigenvalue weighted by Crippen LogP contribution is 2.50. The number of primary amides is 1. The van der Waals surface area contributed by atoms with Crippen LogP contribution in [0.4, 0.5) is 5.69 Å². The Kier molecular flexibility index (Phi) is 4.84. The van der Waals surface area contributed by atoms with Gasteiger partial charge in [0.25, 0.3) is 5.91 Å². The number of aryl methyl sites for hydroxylation is 1. The van der Waals surface area contributed by atoms with Crippen molar-refractivity contribution in [1.82, 2.24) is 4.90 Å². The molecule has 2 aromatic carbocycles. The van der Waals surface area contributed by atoms with Crippen LogP contribution in [0.25, 0.3) is 0 Å². The number of hydrogen-bond donors (Lipinski definition) is 3. The number of anilines is 1. The number of hydrogen-bond acceptors (Lipinski definition) is 4. The van der Waals surface area contributed by atoms with Crippen LogP contribution in [0.2, 0.25) is 5.02 Å². The number of nitrogens with one attached hydrogen (secondary N) is 1. The zero-order valence-corrected chi connectivity index (χ0v) is 19.0. The third-order valence-electron chi connectivity index (χ3n) is 7.39. The predicted octanol–water partition coefficient (Wildman–Crippen LogP) is 0.727. The number of halogens is 1. The molecule has 2 saturated heterocycles. The van der Waals surface area contributed by atoms with Crippen molar-refractivity contribution in [3.8, 4) is 0 Å². The fourth-order valence-corrected chi connectivity index (χ4v) is 5.91. The molecule has 0 unspecified atom stereocenters. The van der Waals surface area contributed by atoms with Gasteiger partial charge in [0.2, 0.25) is 23.3 Å². The van der Waals surface area contributed by atoms with Crippen molar-refractivity contribution in [2.75, 3.05) is 5.32 Å². The first kappa shape index (κ1) is 21.6. The van der Waals surface area contributed by atoms with E-state index in [0.29, 0.717) is 21.8 Å². The molecule has 5 N–H and O–H groups in total. The lowest BCUT2D eigenvalue weighted by Crippen LogP contribution is -2.99. The number of carbonyl (C=O) groups is 4. The van der Waals surface area contributed by atoms with Crippen molar-refractivity contribution in [2.24, 2.45) is 17.6 Å². The number of amides is 4. The van der Waals surface area contributed by atoms with Gasteiger partial charge >= 0.3 is 0 Å². The van der Waals surface area contributed by atoms with Gasteiger partial charge < -0.3 is 16.4 Å². The summed E-state index contributed by atoms with van der Waals surface area (Å²) in [6.07, 6.45) is -0.116. The van der Waals surface area contributed by atoms with Crippen molar-refractivity contribution >= 4 is 40.9 Å². The lowest BCUT2D eigenvalue weighted by molar-refractivity contribution is -0.732. The lowest BCUT2D eigenvalue weighted by Gasteiger charge is -2.26. The third-order valence-corrected chi connectivity index (χ3v) is 7.76. The largest absolute Gasteiger partial charge is 0.369 e. The Labute approximate surface area is 195 Å². The van der Waals surface area contributed by atoms with Crippen LogP contribution in [0.1, 0.15) is 28.7 Å². The second kappa shape index (κ2) is 7.40. The molecule has 4 atom stereocenters. The molecular formula is C24H24ClN4O4+. The Morgan fingerprint density at radius 3 is 2.58 bits per heavy atom. The number of nitrogens with zero attached hydrogens (tertiary/aromatic N) is 1. The van der Waals surface area contributed by atoms with Crippen LogP contribution in [0, 0.1) is 25.7 Å². The number of imide groups is 1. The van der Waals surface area contributed by atoms with Crippen molar-refractivity contribution in [1.29, 1.82) is 0 Å². The number of rotatable bonds is 4. The van der Waals surface area contributed by atoms with E-state index in [1.807, 2.05) is 26.0 Å². The minimum Gasteiger partial charge on any atom is -0.369 e. The smallest absolute Gasteiger partial charge is 0.291 e. The van der Waals surface area contributed by atoms with Gasteiger partial charge in [0.15, 0.2) is 0 Å². The Balaban J connectivity index is 1.63. The Morgan fingerprint density at radius 1 is 1.15 bits per heavy atom. The second-order valence-electron chi connectivity index (χ2n) is 9.11. The Morgan fingerprint density at radius 2 is 1.88 bits per heavy atom. The third kappa shape index (κ3) is 2.94. The molecule has 170 valence electrons. The molecule has 2 fully saturated rings. The van der Waals surface area contributed by atoms with E-state index in [2.05, 4.69) is 5.32 Å². The van der Waals surface area contributed by atoms with E-state index < -0.39 is 41.1 Å². The van der Waals surface area contributed by atoms with Crippen LogP contribution < -0.4 is 16.4 Å². The summed E-state index contributed by atoms with van der Waals surface area (Å²) in [5.41, 5.74) is 8.03. The SMILES string of the molecule is Cc1ccc2c(c1C)NC(=O)[C@]21[NH2+][C@@H](CC(N)=O)[C@H]2C(=O)N(Cc3ccccc3Cl)C(=O)[C@H]21. The van der Waals surface area contributed by atoms with Gasteiger partial charge in [0, 0.05) is 10.6 Å². The maximum atomic E-state index is 13.8. The van der Waals surface area contributed by atoms with E-state index >= 15 is 0 Å². The van der Waals surface area contributed by atoms with Gasteiger partial charge in [-0.2, -0.15) is 0 Å². The summed E-state index contributed by atoms with van der Waals surface area (Å²) < 4.78 is 0. The van der Waals surface area contributed by atoms with E-state index in [0.717, 1.165) is 11.1 Å². The highest BCUT2D eigenvalue weighted by molar-refractivity contribution is 6.31. The van der Waals surface area contributed by atoms with Gasteiger partial charge in [-0.05, 0) is 42.7 Å². The molecule has 8 nitrogen and oxygen atoms in total. The zero-order valence-electron chi connectivity index (χ0n) is 18.2. The predicted molar refractivity (Wildman–Crippen MR) is 120 cm³/mol. The highest BCUT2D eigenvalue weighted by atomic mass is 35.5. The highest BCUT2D eigenvalue weighted by Gasteiger charge is 2.74. The molecule has 3 heterocycles. The molecule has 0 saturated carbocycles. The van der Waals surface area contributed by atoms with E-state index in [4.69, 9.17) is 17.3 Å². The molecule has 3 aliphatic rings.